The highest BCUT2D eigenvalue weighted by molar-refractivity contribution is 6.14. The van der Waals surface area contributed by atoms with Crippen molar-refractivity contribution in [3.05, 3.63) is 101 Å². The summed E-state index contributed by atoms with van der Waals surface area (Å²) < 4.78 is 38.7. The monoisotopic (exact) mass is 576 g/mol. The molecule has 9 nitrogen and oxygen atoms in total. The molecule has 0 unspecified atom stereocenters. The Bertz CT molecular complexity index is 1600. The van der Waals surface area contributed by atoms with E-state index in [-0.39, 0.29) is 29.2 Å². The molecule has 0 aliphatic carbocycles. The number of nitrogens with one attached hydrogen (secondary N) is 1. The fourth-order valence-electron chi connectivity index (χ4n) is 4.91. The number of ether oxygens (including phenoxy) is 1. The molecule has 2 heterocycles. The lowest BCUT2D eigenvalue weighted by Crippen LogP contribution is -2.46. The Labute approximate surface area is 240 Å². The van der Waals surface area contributed by atoms with Crippen molar-refractivity contribution in [3.63, 3.8) is 0 Å². The van der Waals surface area contributed by atoms with Gasteiger partial charge in [-0.05, 0) is 29.3 Å². The Morgan fingerprint density at radius 3 is 2.36 bits per heavy atom. The predicted molar refractivity (Wildman–Crippen MR) is 152 cm³/mol. The van der Waals surface area contributed by atoms with Gasteiger partial charge in [0.2, 0.25) is 5.76 Å². The van der Waals surface area contributed by atoms with E-state index in [9.17, 15) is 23.2 Å². The van der Waals surface area contributed by atoms with E-state index in [1.807, 2.05) is 36.4 Å². The first-order valence-corrected chi connectivity index (χ1v) is 13.5. The van der Waals surface area contributed by atoms with Crippen LogP contribution in [0.1, 0.15) is 38.5 Å². The van der Waals surface area contributed by atoms with E-state index >= 15 is 0 Å². The highest BCUT2D eigenvalue weighted by atomic mass is 19.1. The zero-order chi connectivity index (χ0) is 29.6. The van der Waals surface area contributed by atoms with Crippen LogP contribution in [0, 0.1) is 11.6 Å². The second kappa shape index (κ2) is 12.9. The van der Waals surface area contributed by atoms with Crippen LogP contribution in [0.5, 0.6) is 0 Å². The highest BCUT2D eigenvalue weighted by Crippen LogP contribution is 2.33. The van der Waals surface area contributed by atoms with Gasteiger partial charge in [0.15, 0.2) is 11.4 Å². The standard InChI is InChI=1S/C31H30F2N4O5/c32-23-16-24-27(29(30(34)39)42-28(24)25(33)17-23)35-31(40)22-8-4-7-21(15-22)18-37-13-11-36(12-14-37)10-9-26(38)41-19-20-5-2-1-3-6-20/h1-8,15-17H,9-14,18-19H2,(H2,34,39)(H,35,40). The number of rotatable bonds is 10. The van der Waals surface area contributed by atoms with Crippen LogP contribution in [-0.4, -0.2) is 60.3 Å². The van der Waals surface area contributed by atoms with Crippen LogP contribution in [0.15, 0.2) is 71.1 Å². The fraction of sp³-hybridized carbons (Fsp3) is 0.258. The molecule has 3 aromatic carbocycles. The van der Waals surface area contributed by atoms with E-state index in [0.29, 0.717) is 31.1 Å². The molecular formula is C31H30F2N4O5. The minimum absolute atomic E-state index is 0.104. The van der Waals surface area contributed by atoms with Crippen LogP contribution in [0.4, 0.5) is 14.5 Å². The average Bonchev–Trinajstić information content (AvgIpc) is 3.35. The highest BCUT2D eigenvalue weighted by Gasteiger charge is 2.24. The van der Waals surface area contributed by atoms with Gasteiger partial charge in [0, 0.05) is 50.9 Å². The van der Waals surface area contributed by atoms with Crippen LogP contribution in [-0.2, 0) is 22.7 Å². The number of nitrogens with zero attached hydrogens (tertiary/aromatic N) is 2. The largest absolute Gasteiger partial charge is 0.461 e. The molecule has 0 spiro atoms. The molecule has 2 amide bonds. The number of fused-ring (bicyclic) bond motifs is 1. The van der Waals surface area contributed by atoms with E-state index in [4.69, 9.17) is 14.9 Å². The molecule has 42 heavy (non-hydrogen) atoms. The molecule has 11 heteroatoms. The van der Waals surface area contributed by atoms with Crippen molar-refractivity contribution in [3.8, 4) is 0 Å². The molecule has 1 saturated heterocycles. The first-order valence-electron chi connectivity index (χ1n) is 13.5. The summed E-state index contributed by atoms with van der Waals surface area (Å²) in [4.78, 5) is 41.6. The first-order chi connectivity index (χ1) is 20.3. The topological polar surface area (TPSA) is 118 Å². The van der Waals surface area contributed by atoms with Crippen LogP contribution < -0.4 is 11.1 Å². The molecule has 0 atom stereocenters. The number of piperazine rings is 1. The third-order valence-corrected chi connectivity index (χ3v) is 7.11. The van der Waals surface area contributed by atoms with Crippen LogP contribution in [0.25, 0.3) is 11.0 Å². The minimum Gasteiger partial charge on any atom is -0.461 e. The third-order valence-electron chi connectivity index (χ3n) is 7.11. The summed E-state index contributed by atoms with van der Waals surface area (Å²) in [5.74, 6) is -4.22. The first kappa shape index (κ1) is 28.9. The van der Waals surface area contributed by atoms with E-state index in [2.05, 4.69) is 15.1 Å². The molecule has 218 valence electrons. The second-order valence-corrected chi connectivity index (χ2v) is 10.1. The number of nitrogens with two attached hydrogens (primary N) is 1. The smallest absolute Gasteiger partial charge is 0.307 e. The summed E-state index contributed by atoms with van der Waals surface area (Å²) in [7, 11) is 0. The minimum atomic E-state index is -1.03. The zero-order valence-corrected chi connectivity index (χ0v) is 22.8. The molecule has 1 aliphatic heterocycles. The summed E-state index contributed by atoms with van der Waals surface area (Å²) in [6, 6.07) is 18.1. The maximum Gasteiger partial charge on any atom is 0.307 e. The Hall–Kier alpha value is -4.61. The van der Waals surface area contributed by atoms with Crippen LogP contribution in [0.2, 0.25) is 0 Å². The summed E-state index contributed by atoms with van der Waals surface area (Å²) in [6.07, 6.45) is 0.326. The van der Waals surface area contributed by atoms with Crippen molar-refractivity contribution < 1.29 is 32.3 Å². The molecule has 1 aliphatic rings. The maximum atomic E-state index is 14.2. The third kappa shape index (κ3) is 6.99. The maximum absolute atomic E-state index is 14.2. The quantitative estimate of drug-likeness (QED) is 0.270. The molecule has 1 fully saturated rings. The summed E-state index contributed by atoms with van der Waals surface area (Å²) >= 11 is 0. The summed E-state index contributed by atoms with van der Waals surface area (Å²) in [6.45, 7) is 4.66. The summed E-state index contributed by atoms with van der Waals surface area (Å²) in [5.41, 5.74) is 6.93. The number of carbonyl (C=O) groups excluding carboxylic acids is 3. The van der Waals surface area contributed by atoms with Gasteiger partial charge in [-0.1, -0.05) is 42.5 Å². The zero-order valence-electron chi connectivity index (χ0n) is 22.8. The van der Waals surface area contributed by atoms with Crippen molar-refractivity contribution in [2.75, 3.05) is 38.0 Å². The molecule has 5 rings (SSSR count). The number of benzene rings is 3. The van der Waals surface area contributed by atoms with E-state index in [0.717, 1.165) is 43.4 Å². The van der Waals surface area contributed by atoms with E-state index in [1.54, 1.807) is 18.2 Å². The SMILES string of the molecule is NC(=O)c1oc2c(F)cc(F)cc2c1NC(=O)c1cccc(CN2CCN(CCC(=O)OCc3ccccc3)CC2)c1. The lowest BCUT2D eigenvalue weighted by Gasteiger charge is -2.34. The van der Waals surface area contributed by atoms with Gasteiger partial charge in [0.25, 0.3) is 11.8 Å². The van der Waals surface area contributed by atoms with Gasteiger partial charge < -0.3 is 25.1 Å². The van der Waals surface area contributed by atoms with Crippen LogP contribution in [0.3, 0.4) is 0 Å². The Kier molecular flexibility index (Phi) is 8.89. The van der Waals surface area contributed by atoms with Crippen molar-refractivity contribution in [1.82, 2.24) is 9.80 Å². The van der Waals surface area contributed by atoms with Gasteiger partial charge in [-0.2, -0.15) is 0 Å². The van der Waals surface area contributed by atoms with Gasteiger partial charge in [0.1, 0.15) is 18.1 Å². The van der Waals surface area contributed by atoms with E-state index in [1.165, 1.54) is 0 Å². The molecule has 0 bridgehead atoms. The van der Waals surface area contributed by atoms with Crippen molar-refractivity contribution >= 4 is 34.4 Å². The van der Waals surface area contributed by atoms with E-state index < -0.39 is 29.2 Å². The Morgan fingerprint density at radius 1 is 0.905 bits per heavy atom. The van der Waals surface area contributed by atoms with Gasteiger partial charge in [-0.25, -0.2) is 8.78 Å². The number of primary amides is 1. The number of amides is 2. The molecule has 3 N–H and O–H groups in total. The summed E-state index contributed by atoms with van der Waals surface area (Å²) in [5, 5.41) is 2.44. The molecular weight excluding hydrogens is 546 g/mol. The van der Waals surface area contributed by atoms with Crippen molar-refractivity contribution in [2.45, 2.75) is 19.6 Å². The van der Waals surface area contributed by atoms with Gasteiger partial charge in [0.05, 0.1) is 11.8 Å². The normalized spacial score (nSPS) is 14.1. The number of furan rings is 1. The number of carbonyl (C=O) groups is 3. The molecule has 0 radical (unpaired) electrons. The number of esters is 1. The fourth-order valence-corrected chi connectivity index (χ4v) is 4.91. The van der Waals surface area contributed by atoms with Gasteiger partial charge in [-0.15, -0.1) is 0 Å². The number of anilines is 1. The number of hydrogen-bond acceptors (Lipinski definition) is 7. The lowest BCUT2D eigenvalue weighted by atomic mass is 10.1. The Balaban J connectivity index is 1.14. The van der Waals surface area contributed by atoms with Gasteiger partial charge >= 0.3 is 5.97 Å². The lowest BCUT2D eigenvalue weighted by molar-refractivity contribution is -0.145. The van der Waals surface area contributed by atoms with Crippen LogP contribution >= 0.6 is 0 Å². The van der Waals surface area contributed by atoms with Crippen molar-refractivity contribution in [1.29, 1.82) is 0 Å². The molecule has 4 aromatic rings. The Morgan fingerprint density at radius 2 is 1.62 bits per heavy atom. The second-order valence-electron chi connectivity index (χ2n) is 10.1. The van der Waals surface area contributed by atoms with Crippen molar-refractivity contribution in [2.24, 2.45) is 5.73 Å². The predicted octanol–water partition coefficient (Wildman–Crippen LogP) is 4.31. The number of halogens is 2. The molecule has 1 aromatic heterocycles. The molecule has 0 saturated carbocycles. The van der Waals surface area contributed by atoms with Gasteiger partial charge in [-0.3, -0.25) is 19.3 Å². The average molecular weight is 577 g/mol. The number of hydrogen-bond donors (Lipinski definition) is 2.